The van der Waals surface area contributed by atoms with Crippen molar-refractivity contribution < 1.29 is 9.53 Å². The van der Waals surface area contributed by atoms with Crippen LogP contribution in [0.25, 0.3) is 0 Å². The molecule has 2 bridgehead atoms. The number of nitrogens with one attached hydrogen (secondary N) is 1. The fourth-order valence-electron chi connectivity index (χ4n) is 6.15. The quantitative estimate of drug-likeness (QED) is 0.826. The Balaban J connectivity index is 1.40. The zero-order valence-corrected chi connectivity index (χ0v) is 17.7. The van der Waals surface area contributed by atoms with Gasteiger partial charge in [0, 0.05) is 35.8 Å². The van der Waals surface area contributed by atoms with Gasteiger partial charge in [0.05, 0.1) is 6.20 Å². The van der Waals surface area contributed by atoms with E-state index in [2.05, 4.69) is 52.5 Å². The van der Waals surface area contributed by atoms with Crippen LogP contribution < -0.4 is 10.1 Å². The summed E-state index contributed by atoms with van der Waals surface area (Å²) in [6.07, 6.45) is 10.2. The first-order chi connectivity index (χ1) is 14.6. The topological polar surface area (TPSA) is 54.5 Å². The molecule has 0 spiro atoms. The number of piperidine rings is 1. The van der Waals surface area contributed by atoms with Crippen molar-refractivity contribution in [2.45, 2.75) is 69.6 Å². The zero-order chi connectivity index (χ0) is 20.6. The summed E-state index contributed by atoms with van der Waals surface area (Å²) in [6, 6.07) is 15.6. The lowest BCUT2D eigenvalue weighted by Gasteiger charge is -2.43. The van der Waals surface area contributed by atoms with Gasteiger partial charge in [0.25, 0.3) is 5.91 Å². The van der Waals surface area contributed by atoms with Crippen LogP contribution in [-0.4, -0.2) is 46.6 Å². The molecule has 5 heteroatoms. The number of benzene rings is 1. The molecule has 1 amide bonds. The number of carbonyl (C=O) groups is 1. The van der Waals surface area contributed by atoms with E-state index in [1.54, 1.807) is 12.4 Å². The van der Waals surface area contributed by atoms with E-state index >= 15 is 0 Å². The van der Waals surface area contributed by atoms with Gasteiger partial charge in [-0.05, 0) is 43.4 Å². The molecule has 0 radical (unpaired) electrons. The number of amides is 1. The van der Waals surface area contributed by atoms with E-state index in [9.17, 15) is 4.79 Å². The smallest absolute Gasteiger partial charge is 0.261 e. The van der Waals surface area contributed by atoms with Gasteiger partial charge in [-0.15, -0.1) is 0 Å². The molecule has 3 fully saturated rings. The standard InChI is InChI=1S/C25H31N3O2/c1-25-15-21-20(14-18-8-3-2-4-9-18)27-22(25)11-5-6-12-23(25)28(21)24(29)17-30-19-10-7-13-26-16-19/h2-4,7-10,13,16,20-23,27H,5-6,11-12,14-15,17H2,1H3/t20-,21+,22-,23+,25-/m1/s1. The minimum atomic E-state index is 0.0809. The minimum absolute atomic E-state index is 0.0809. The summed E-state index contributed by atoms with van der Waals surface area (Å²) >= 11 is 0. The average Bonchev–Trinajstić information content (AvgIpc) is 2.92. The van der Waals surface area contributed by atoms with Crippen LogP contribution in [0.5, 0.6) is 5.75 Å². The second kappa shape index (κ2) is 8.03. The third-order valence-corrected chi connectivity index (χ3v) is 7.58. The lowest BCUT2D eigenvalue weighted by molar-refractivity contribution is -0.137. The summed E-state index contributed by atoms with van der Waals surface area (Å²) < 4.78 is 5.81. The molecule has 2 saturated heterocycles. The van der Waals surface area contributed by atoms with Crippen molar-refractivity contribution in [1.82, 2.24) is 15.2 Å². The molecule has 1 aromatic carbocycles. The first-order valence-corrected chi connectivity index (χ1v) is 11.3. The molecule has 1 aromatic heterocycles. The number of pyridine rings is 1. The fourth-order valence-corrected chi connectivity index (χ4v) is 6.15. The molecule has 1 saturated carbocycles. The number of likely N-dealkylation sites (tertiary alicyclic amines) is 1. The van der Waals surface area contributed by atoms with Crippen LogP contribution in [0.3, 0.4) is 0 Å². The van der Waals surface area contributed by atoms with Gasteiger partial charge < -0.3 is 15.0 Å². The van der Waals surface area contributed by atoms with E-state index in [-0.39, 0.29) is 30.0 Å². The Morgan fingerprint density at radius 2 is 2.03 bits per heavy atom. The average molecular weight is 406 g/mol. The lowest BCUT2D eigenvalue weighted by Crippen LogP contribution is -2.57. The number of aromatic nitrogens is 1. The third kappa shape index (κ3) is 3.49. The maximum atomic E-state index is 13.5. The second-order valence-electron chi connectivity index (χ2n) is 9.37. The SMILES string of the molecule is C[C@@]12C[C@H]3[C@@H](Cc4ccccc4)N[C@@H]1CCCC[C@@H]2N3C(=O)COc1cccnc1. The summed E-state index contributed by atoms with van der Waals surface area (Å²) in [6.45, 7) is 2.49. The Hall–Kier alpha value is -2.40. The van der Waals surface area contributed by atoms with E-state index in [4.69, 9.17) is 4.74 Å². The molecule has 2 aliphatic heterocycles. The first-order valence-electron chi connectivity index (χ1n) is 11.3. The van der Waals surface area contributed by atoms with Crippen LogP contribution in [0, 0.1) is 5.41 Å². The number of hydrogen-bond donors (Lipinski definition) is 1. The Bertz CT molecular complexity index is 874. The molecule has 0 unspecified atom stereocenters. The maximum absolute atomic E-state index is 13.5. The van der Waals surface area contributed by atoms with Crippen molar-refractivity contribution >= 4 is 5.91 Å². The van der Waals surface area contributed by atoms with Gasteiger partial charge in [-0.2, -0.15) is 0 Å². The van der Waals surface area contributed by atoms with Gasteiger partial charge in [-0.25, -0.2) is 0 Å². The van der Waals surface area contributed by atoms with Gasteiger partial charge >= 0.3 is 0 Å². The molecule has 158 valence electrons. The fraction of sp³-hybridized carbons (Fsp3) is 0.520. The van der Waals surface area contributed by atoms with Gasteiger partial charge in [0.1, 0.15) is 5.75 Å². The van der Waals surface area contributed by atoms with Crippen molar-refractivity contribution in [3.05, 3.63) is 60.4 Å². The number of nitrogens with zero attached hydrogens (tertiary/aromatic N) is 2. The Labute approximate surface area is 178 Å². The summed E-state index contributed by atoms with van der Waals surface area (Å²) in [5.41, 5.74) is 1.48. The normalized spacial score (nSPS) is 32.5. The monoisotopic (exact) mass is 405 g/mol. The highest BCUT2D eigenvalue weighted by molar-refractivity contribution is 5.79. The predicted octanol–water partition coefficient (Wildman–Crippen LogP) is 3.59. The molecule has 3 aliphatic rings. The number of carbonyl (C=O) groups excluding carboxylic acids is 1. The Morgan fingerprint density at radius 3 is 2.83 bits per heavy atom. The number of hydrogen-bond acceptors (Lipinski definition) is 4. The van der Waals surface area contributed by atoms with Gasteiger partial charge in [0.2, 0.25) is 0 Å². The van der Waals surface area contributed by atoms with Crippen molar-refractivity contribution in [3.63, 3.8) is 0 Å². The number of rotatable bonds is 5. The van der Waals surface area contributed by atoms with Crippen LogP contribution >= 0.6 is 0 Å². The van der Waals surface area contributed by atoms with Crippen molar-refractivity contribution in [3.8, 4) is 5.75 Å². The summed E-state index contributed by atoms with van der Waals surface area (Å²) in [4.78, 5) is 19.8. The van der Waals surface area contributed by atoms with Crippen molar-refractivity contribution in [2.75, 3.05) is 6.61 Å². The van der Waals surface area contributed by atoms with Crippen molar-refractivity contribution in [2.24, 2.45) is 5.41 Å². The molecule has 30 heavy (non-hydrogen) atoms. The molecule has 5 nitrogen and oxygen atoms in total. The van der Waals surface area contributed by atoms with Crippen LogP contribution in [0.15, 0.2) is 54.9 Å². The van der Waals surface area contributed by atoms with E-state index in [1.165, 1.54) is 24.8 Å². The lowest BCUT2D eigenvalue weighted by atomic mass is 9.70. The first kappa shape index (κ1) is 19.6. The summed E-state index contributed by atoms with van der Waals surface area (Å²) in [5, 5.41) is 3.99. The highest BCUT2D eigenvalue weighted by Crippen LogP contribution is 2.52. The Morgan fingerprint density at radius 1 is 1.20 bits per heavy atom. The van der Waals surface area contributed by atoms with Crippen LogP contribution in [0.4, 0.5) is 0 Å². The second-order valence-corrected chi connectivity index (χ2v) is 9.37. The Kier molecular flexibility index (Phi) is 5.23. The summed E-state index contributed by atoms with van der Waals surface area (Å²) in [5.74, 6) is 0.761. The van der Waals surface area contributed by atoms with Gasteiger partial charge in [-0.1, -0.05) is 50.1 Å². The van der Waals surface area contributed by atoms with Crippen LogP contribution in [0.2, 0.25) is 0 Å². The van der Waals surface area contributed by atoms with Gasteiger partial charge in [0.15, 0.2) is 6.61 Å². The molecule has 5 atom stereocenters. The molecule has 3 heterocycles. The van der Waals surface area contributed by atoms with E-state index < -0.39 is 0 Å². The maximum Gasteiger partial charge on any atom is 0.261 e. The summed E-state index contributed by atoms with van der Waals surface area (Å²) in [7, 11) is 0. The minimum Gasteiger partial charge on any atom is -0.482 e. The zero-order valence-electron chi connectivity index (χ0n) is 17.7. The highest BCUT2D eigenvalue weighted by atomic mass is 16.5. The molecular formula is C25H31N3O2. The molecule has 1 aliphatic carbocycles. The largest absolute Gasteiger partial charge is 0.482 e. The van der Waals surface area contributed by atoms with Crippen LogP contribution in [-0.2, 0) is 11.2 Å². The van der Waals surface area contributed by atoms with Gasteiger partial charge in [-0.3, -0.25) is 9.78 Å². The van der Waals surface area contributed by atoms with E-state index in [1.807, 2.05) is 12.1 Å². The van der Waals surface area contributed by atoms with Crippen molar-refractivity contribution in [1.29, 1.82) is 0 Å². The van der Waals surface area contributed by atoms with Crippen LogP contribution in [0.1, 0.15) is 44.6 Å². The predicted molar refractivity (Wildman–Crippen MR) is 116 cm³/mol. The van der Waals surface area contributed by atoms with E-state index in [0.29, 0.717) is 17.8 Å². The molecule has 5 rings (SSSR count). The van der Waals surface area contributed by atoms with E-state index in [0.717, 1.165) is 19.3 Å². The highest BCUT2D eigenvalue weighted by Gasteiger charge is 2.60. The molecular weight excluding hydrogens is 374 g/mol. The number of ether oxygens (including phenoxy) is 1. The molecule has 1 N–H and O–H groups in total. The third-order valence-electron chi connectivity index (χ3n) is 7.58. The number of fused-ring (bicyclic) bond motifs is 1. The molecule has 2 aromatic rings.